The highest BCUT2D eigenvalue weighted by Gasteiger charge is 2.28. The molecule has 2 heteroatoms. The van der Waals surface area contributed by atoms with Crippen LogP contribution in [0.3, 0.4) is 0 Å². The van der Waals surface area contributed by atoms with Gasteiger partial charge in [-0.3, -0.25) is 0 Å². The summed E-state index contributed by atoms with van der Waals surface area (Å²) in [6.45, 7) is 5.66. The molecule has 1 rings (SSSR count). The Hall–Kier alpha value is -0.0800. The van der Waals surface area contributed by atoms with Gasteiger partial charge >= 0.3 is 0 Å². The first-order chi connectivity index (χ1) is 7.66. The summed E-state index contributed by atoms with van der Waals surface area (Å²) in [5.41, 5.74) is 6.49. The van der Waals surface area contributed by atoms with Gasteiger partial charge in [-0.15, -0.1) is 0 Å². The summed E-state index contributed by atoms with van der Waals surface area (Å²) in [7, 11) is 0. The van der Waals surface area contributed by atoms with E-state index in [-0.39, 0.29) is 5.54 Å². The summed E-state index contributed by atoms with van der Waals surface area (Å²) in [6, 6.07) is 0.663. The van der Waals surface area contributed by atoms with Gasteiger partial charge in [0, 0.05) is 11.6 Å². The van der Waals surface area contributed by atoms with E-state index in [1.807, 2.05) is 0 Å². The molecule has 0 heterocycles. The first-order valence-electron chi connectivity index (χ1n) is 7.18. The number of nitrogens with one attached hydrogen (secondary N) is 1. The molecule has 0 spiro atoms. The molecule has 0 saturated heterocycles. The van der Waals surface area contributed by atoms with Crippen LogP contribution < -0.4 is 11.1 Å². The second-order valence-electron chi connectivity index (χ2n) is 5.67. The standard InChI is InChI=1S/C14H30N2/c1-3-4-5-8-13(2)16-12-11-14(15)9-6-7-10-14/h13,16H,3-12,15H2,1-2H3. The zero-order chi connectivity index (χ0) is 11.9. The first kappa shape index (κ1) is 14.0. The maximum absolute atomic E-state index is 6.33. The minimum atomic E-state index is 0.163. The van der Waals surface area contributed by atoms with Crippen LogP contribution in [0.4, 0.5) is 0 Å². The molecular weight excluding hydrogens is 196 g/mol. The van der Waals surface area contributed by atoms with E-state index in [0.717, 1.165) is 13.0 Å². The van der Waals surface area contributed by atoms with E-state index in [9.17, 15) is 0 Å². The monoisotopic (exact) mass is 226 g/mol. The van der Waals surface area contributed by atoms with Crippen LogP contribution in [0.5, 0.6) is 0 Å². The van der Waals surface area contributed by atoms with Crippen molar-refractivity contribution in [2.24, 2.45) is 5.73 Å². The molecule has 3 N–H and O–H groups in total. The van der Waals surface area contributed by atoms with E-state index in [2.05, 4.69) is 19.2 Å². The first-order valence-corrected chi connectivity index (χ1v) is 7.18. The Balaban J connectivity index is 2.01. The van der Waals surface area contributed by atoms with Gasteiger partial charge in [0.05, 0.1) is 0 Å². The van der Waals surface area contributed by atoms with Gasteiger partial charge in [-0.1, -0.05) is 39.0 Å². The van der Waals surface area contributed by atoms with Crippen molar-refractivity contribution >= 4 is 0 Å². The van der Waals surface area contributed by atoms with Gasteiger partial charge in [0.2, 0.25) is 0 Å². The van der Waals surface area contributed by atoms with E-state index in [1.165, 1.54) is 51.4 Å². The molecule has 1 aliphatic carbocycles. The lowest BCUT2D eigenvalue weighted by atomic mass is 9.94. The van der Waals surface area contributed by atoms with Crippen molar-refractivity contribution in [1.29, 1.82) is 0 Å². The lowest BCUT2D eigenvalue weighted by Crippen LogP contribution is -2.40. The third-order valence-electron chi connectivity index (χ3n) is 3.96. The molecule has 1 atom stereocenters. The largest absolute Gasteiger partial charge is 0.325 e. The van der Waals surface area contributed by atoms with Crippen LogP contribution in [0.1, 0.15) is 71.6 Å². The Labute approximate surface area is 101 Å². The Morgan fingerprint density at radius 2 is 1.94 bits per heavy atom. The Bertz CT molecular complexity index is 174. The highest BCUT2D eigenvalue weighted by molar-refractivity contribution is 4.89. The molecule has 0 aromatic heterocycles. The molecule has 1 fully saturated rings. The molecule has 0 aromatic carbocycles. The van der Waals surface area contributed by atoms with Crippen molar-refractivity contribution in [3.63, 3.8) is 0 Å². The summed E-state index contributed by atoms with van der Waals surface area (Å²) in [5, 5.41) is 3.61. The summed E-state index contributed by atoms with van der Waals surface area (Å²) >= 11 is 0. The second kappa shape index (κ2) is 7.29. The maximum Gasteiger partial charge on any atom is 0.0166 e. The Morgan fingerprint density at radius 3 is 2.56 bits per heavy atom. The van der Waals surface area contributed by atoms with Gasteiger partial charge in [0.25, 0.3) is 0 Å². The molecule has 1 aliphatic rings. The molecule has 0 bridgehead atoms. The van der Waals surface area contributed by atoms with E-state index >= 15 is 0 Å². The lowest BCUT2D eigenvalue weighted by Gasteiger charge is -2.24. The van der Waals surface area contributed by atoms with Crippen molar-refractivity contribution in [2.45, 2.75) is 83.2 Å². The van der Waals surface area contributed by atoms with Gasteiger partial charge in [0.15, 0.2) is 0 Å². The minimum absolute atomic E-state index is 0.163. The average molecular weight is 226 g/mol. The van der Waals surface area contributed by atoms with Crippen molar-refractivity contribution < 1.29 is 0 Å². The second-order valence-corrected chi connectivity index (χ2v) is 5.67. The van der Waals surface area contributed by atoms with Crippen molar-refractivity contribution in [1.82, 2.24) is 5.32 Å². The van der Waals surface area contributed by atoms with Crippen molar-refractivity contribution in [3.8, 4) is 0 Å². The highest BCUT2D eigenvalue weighted by Crippen LogP contribution is 2.29. The van der Waals surface area contributed by atoms with Crippen LogP contribution >= 0.6 is 0 Å². The zero-order valence-corrected chi connectivity index (χ0v) is 11.2. The van der Waals surface area contributed by atoms with Crippen molar-refractivity contribution in [2.75, 3.05) is 6.54 Å². The molecule has 0 aromatic rings. The highest BCUT2D eigenvalue weighted by atomic mass is 14.9. The maximum atomic E-state index is 6.33. The third-order valence-corrected chi connectivity index (χ3v) is 3.96. The fourth-order valence-electron chi connectivity index (χ4n) is 2.70. The summed E-state index contributed by atoms with van der Waals surface area (Å²) in [5.74, 6) is 0. The average Bonchev–Trinajstić information content (AvgIpc) is 2.66. The topological polar surface area (TPSA) is 38.0 Å². The lowest BCUT2D eigenvalue weighted by molar-refractivity contribution is 0.375. The summed E-state index contributed by atoms with van der Waals surface area (Å²) in [4.78, 5) is 0. The number of hydrogen-bond acceptors (Lipinski definition) is 2. The number of hydrogen-bond donors (Lipinski definition) is 2. The van der Waals surface area contributed by atoms with Crippen LogP contribution in [0.2, 0.25) is 0 Å². The van der Waals surface area contributed by atoms with Crippen LogP contribution in [0, 0.1) is 0 Å². The smallest absolute Gasteiger partial charge is 0.0166 e. The molecule has 0 aliphatic heterocycles. The Kier molecular flexibility index (Phi) is 6.37. The predicted molar refractivity (Wildman–Crippen MR) is 71.6 cm³/mol. The summed E-state index contributed by atoms with van der Waals surface area (Å²) in [6.07, 6.45) is 11.7. The van der Waals surface area contributed by atoms with Gasteiger partial charge in [-0.2, -0.15) is 0 Å². The molecule has 0 amide bonds. The quantitative estimate of drug-likeness (QED) is 0.624. The van der Waals surface area contributed by atoms with E-state index in [4.69, 9.17) is 5.73 Å². The van der Waals surface area contributed by atoms with Crippen molar-refractivity contribution in [3.05, 3.63) is 0 Å². The number of nitrogens with two attached hydrogens (primary N) is 1. The van der Waals surface area contributed by atoms with Gasteiger partial charge in [-0.05, 0) is 39.2 Å². The van der Waals surface area contributed by atoms with E-state index < -0.39 is 0 Å². The predicted octanol–water partition coefficient (Wildman–Crippen LogP) is 3.21. The molecule has 16 heavy (non-hydrogen) atoms. The van der Waals surface area contributed by atoms with Crippen LogP contribution in [0.15, 0.2) is 0 Å². The van der Waals surface area contributed by atoms with Crippen LogP contribution in [0.25, 0.3) is 0 Å². The fourth-order valence-corrected chi connectivity index (χ4v) is 2.70. The van der Waals surface area contributed by atoms with Crippen LogP contribution in [-0.2, 0) is 0 Å². The number of rotatable bonds is 8. The molecule has 96 valence electrons. The SMILES string of the molecule is CCCCCC(C)NCCC1(N)CCCC1. The van der Waals surface area contributed by atoms with Crippen LogP contribution in [-0.4, -0.2) is 18.1 Å². The van der Waals surface area contributed by atoms with Gasteiger partial charge < -0.3 is 11.1 Å². The minimum Gasteiger partial charge on any atom is -0.325 e. The fraction of sp³-hybridized carbons (Fsp3) is 1.00. The number of unbranched alkanes of at least 4 members (excludes halogenated alkanes) is 2. The van der Waals surface area contributed by atoms with E-state index in [1.54, 1.807) is 0 Å². The van der Waals surface area contributed by atoms with E-state index in [0.29, 0.717) is 6.04 Å². The summed E-state index contributed by atoms with van der Waals surface area (Å²) < 4.78 is 0. The molecular formula is C14H30N2. The molecule has 0 radical (unpaired) electrons. The normalized spacial score (nSPS) is 21.2. The molecule has 1 unspecified atom stereocenters. The zero-order valence-electron chi connectivity index (χ0n) is 11.2. The third kappa shape index (κ3) is 5.31. The van der Waals surface area contributed by atoms with Gasteiger partial charge in [0.1, 0.15) is 0 Å². The van der Waals surface area contributed by atoms with Gasteiger partial charge in [-0.25, -0.2) is 0 Å². The molecule has 1 saturated carbocycles. The molecule has 2 nitrogen and oxygen atoms in total. The Morgan fingerprint density at radius 1 is 1.25 bits per heavy atom.